The lowest BCUT2D eigenvalue weighted by Crippen LogP contribution is -2.25. The Bertz CT molecular complexity index is 879. The van der Waals surface area contributed by atoms with Crippen LogP contribution in [0.1, 0.15) is 22.3 Å². The Morgan fingerprint density at radius 1 is 1.17 bits per heavy atom. The lowest BCUT2D eigenvalue weighted by molar-refractivity contribution is 0.102. The molecule has 1 fully saturated rings. The summed E-state index contributed by atoms with van der Waals surface area (Å²) in [5.41, 5.74) is 2.69. The summed E-state index contributed by atoms with van der Waals surface area (Å²) < 4.78 is 26.3. The van der Waals surface area contributed by atoms with Gasteiger partial charge >= 0.3 is 0 Å². The second kappa shape index (κ2) is 6.57. The number of amides is 1. The molecule has 24 heavy (non-hydrogen) atoms. The van der Waals surface area contributed by atoms with Crippen molar-refractivity contribution in [2.24, 2.45) is 0 Å². The van der Waals surface area contributed by atoms with Gasteiger partial charge < -0.3 is 5.32 Å². The van der Waals surface area contributed by atoms with E-state index in [0.717, 1.165) is 10.0 Å². The summed E-state index contributed by atoms with van der Waals surface area (Å²) >= 11 is 3.34. The molecule has 1 N–H and O–H groups in total. The third kappa shape index (κ3) is 3.47. The number of carbonyl (C=O) groups is 1. The third-order valence-electron chi connectivity index (χ3n) is 3.95. The standard InChI is InChI=1S/C17H17BrN2O3S/c1-12-11-15(20-9-2-10-24(20,22)23)7-8-16(12)19-17(21)13-3-5-14(18)6-4-13/h3-8,11H,2,9-10H2,1H3,(H,19,21). The summed E-state index contributed by atoms with van der Waals surface area (Å²) in [7, 11) is -3.20. The third-order valence-corrected chi connectivity index (χ3v) is 6.35. The number of hydrogen-bond donors (Lipinski definition) is 1. The van der Waals surface area contributed by atoms with Crippen LogP contribution in [-0.4, -0.2) is 26.6 Å². The number of sulfonamides is 1. The average molecular weight is 409 g/mol. The molecule has 0 spiro atoms. The molecule has 0 atom stereocenters. The van der Waals surface area contributed by atoms with Crippen LogP contribution in [0.2, 0.25) is 0 Å². The molecular weight excluding hydrogens is 392 g/mol. The Labute approximate surface area is 149 Å². The molecule has 1 aliphatic rings. The van der Waals surface area contributed by atoms with Crippen molar-refractivity contribution >= 4 is 43.2 Å². The Kier molecular flexibility index (Phi) is 4.64. The van der Waals surface area contributed by atoms with Crippen LogP contribution >= 0.6 is 15.9 Å². The maximum Gasteiger partial charge on any atom is 0.255 e. The Morgan fingerprint density at radius 3 is 2.46 bits per heavy atom. The lowest BCUT2D eigenvalue weighted by Gasteiger charge is -2.18. The van der Waals surface area contributed by atoms with E-state index in [4.69, 9.17) is 0 Å². The van der Waals surface area contributed by atoms with Gasteiger partial charge in [0, 0.05) is 22.3 Å². The molecule has 0 unspecified atom stereocenters. The van der Waals surface area contributed by atoms with Crippen molar-refractivity contribution in [3.8, 4) is 0 Å². The summed E-state index contributed by atoms with van der Waals surface area (Å²) in [6.45, 7) is 2.36. The zero-order chi connectivity index (χ0) is 17.3. The van der Waals surface area contributed by atoms with Crippen LogP contribution in [0.3, 0.4) is 0 Å². The minimum atomic E-state index is -3.20. The zero-order valence-corrected chi connectivity index (χ0v) is 15.5. The maximum atomic E-state index is 12.3. The van der Waals surface area contributed by atoms with E-state index in [1.54, 1.807) is 30.3 Å². The van der Waals surface area contributed by atoms with Gasteiger partial charge in [-0.2, -0.15) is 0 Å². The molecule has 2 aromatic carbocycles. The average Bonchev–Trinajstić information content (AvgIpc) is 2.89. The van der Waals surface area contributed by atoms with E-state index in [-0.39, 0.29) is 11.7 Å². The molecule has 1 heterocycles. The van der Waals surface area contributed by atoms with Gasteiger partial charge in [0.2, 0.25) is 10.0 Å². The number of aryl methyl sites for hydroxylation is 1. The fourth-order valence-corrected chi connectivity index (χ4v) is 4.49. The normalized spacial score (nSPS) is 16.2. The summed E-state index contributed by atoms with van der Waals surface area (Å²) in [4.78, 5) is 12.3. The molecule has 1 saturated heterocycles. The molecule has 126 valence electrons. The first kappa shape index (κ1) is 17.0. The fourth-order valence-electron chi connectivity index (χ4n) is 2.67. The zero-order valence-electron chi connectivity index (χ0n) is 13.1. The van der Waals surface area contributed by atoms with Gasteiger partial charge in [-0.05, 0) is 61.4 Å². The number of nitrogens with one attached hydrogen (secondary N) is 1. The van der Waals surface area contributed by atoms with Gasteiger partial charge in [0.15, 0.2) is 0 Å². The molecule has 1 aliphatic heterocycles. The van der Waals surface area contributed by atoms with E-state index in [1.165, 1.54) is 4.31 Å². The predicted molar refractivity (Wildman–Crippen MR) is 99.0 cm³/mol. The lowest BCUT2D eigenvalue weighted by atomic mass is 10.1. The van der Waals surface area contributed by atoms with Crippen LogP contribution in [0.25, 0.3) is 0 Å². The number of anilines is 2. The number of hydrogen-bond acceptors (Lipinski definition) is 3. The monoisotopic (exact) mass is 408 g/mol. The Balaban J connectivity index is 1.80. The van der Waals surface area contributed by atoms with Gasteiger partial charge in [-0.3, -0.25) is 9.10 Å². The van der Waals surface area contributed by atoms with Crippen LogP contribution in [0, 0.1) is 6.92 Å². The van der Waals surface area contributed by atoms with E-state index >= 15 is 0 Å². The molecule has 0 aliphatic carbocycles. The molecule has 2 aromatic rings. The van der Waals surface area contributed by atoms with Gasteiger partial charge in [-0.1, -0.05) is 15.9 Å². The van der Waals surface area contributed by atoms with Crippen molar-refractivity contribution in [1.82, 2.24) is 0 Å². The van der Waals surface area contributed by atoms with Crippen LogP contribution in [0.4, 0.5) is 11.4 Å². The van der Waals surface area contributed by atoms with Crippen molar-refractivity contribution in [2.45, 2.75) is 13.3 Å². The largest absolute Gasteiger partial charge is 0.322 e. The van der Waals surface area contributed by atoms with Gasteiger partial charge in [-0.25, -0.2) is 8.42 Å². The highest BCUT2D eigenvalue weighted by Gasteiger charge is 2.28. The Morgan fingerprint density at radius 2 is 1.88 bits per heavy atom. The maximum absolute atomic E-state index is 12.3. The van der Waals surface area contributed by atoms with Crippen molar-refractivity contribution < 1.29 is 13.2 Å². The van der Waals surface area contributed by atoms with E-state index in [0.29, 0.717) is 29.9 Å². The summed E-state index contributed by atoms with van der Waals surface area (Å²) in [6, 6.07) is 12.4. The van der Waals surface area contributed by atoms with Crippen molar-refractivity contribution in [3.63, 3.8) is 0 Å². The first-order valence-electron chi connectivity index (χ1n) is 7.55. The molecule has 0 bridgehead atoms. The summed E-state index contributed by atoms with van der Waals surface area (Å²) in [5, 5.41) is 2.86. The molecule has 5 nitrogen and oxygen atoms in total. The quantitative estimate of drug-likeness (QED) is 0.843. The van der Waals surface area contributed by atoms with Crippen LogP contribution in [0.5, 0.6) is 0 Å². The molecule has 3 rings (SSSR count). The molecule has 1 amide bonds. The summed E-state index contributed by atoms with van der Waals surface area (Å²) in [6.07, 6.45) is 0.642. The highest BCUT2D eigenvalue weighted by molar-refractivity contribution is 9.10. The van der Waals surface area contributed by atoms with Crippen molar-refractivity contribution in [3.05, 3.63) is 58.1 Å². The van der Waals surface area contributed by atoms with Gasteiger partial charge in [0.1, 0.15) is 0 Å². The predicted octanol–water partition coefficient (Wildman–Crippen LogP) is 3.55. The second-order valence-corrected chi connectivity index (χ2v) is 8.63. The summed E-state index contributed by atoms with van der Waals surface area (Å²) in [5.74, 6) is -0.0131. The SMILES string of the molecule is Cc1cc(N2CCCS2(=O)=O)ccc1NC(=O)c1ccc(Br)cc1. The van der Waals surface area contributed by atoms with Gasteiger partial charge in [0.25, 0.3) is 5.91 Å². The van der Waals surface area contributed by atoms with Crippen molar-refractivity contribution in [1.29, 1.82) is 0 Å². The Hall–Kier alpha value is -1.86. The van der Waals surface area contributed by atoms with E-state index in [1.807, 2.05) is 19.1 Å². The number of carbonyl (C=O) groups excluding carboxylic acids is 1. The highest BCUT2D eigenvalue weighted by Crippen LogP contribution is 2.28. The number of benzene rings is 2. The van der Waals surface area contributed by atoms with Crippen molar-refractivity contribution in [2.75, 3.05) is 21.9 Å². The van der Waals surface area contributed by atoms with Crippen LogP contribution in [-0.2, 0) is 10.0 Å². The fraction of sp³-hybridized carbons (Fsp3) is 0.235. The second-order valence-electron chi connectivity index (χ2n) is 5.70. The molecule has 0 saturated carbocycles. The van der Waals surface area contributed by atoms with Gasteiger partial charge in [-0.15, -0.1) is 0 Å². The number of halogens is 1. The van der Waals surface area contributed by atoms with E-state index in [2.05, 4.69) is 21.2 Å². The molecule has 0 aromatic heterocycles. The molecule has 0 radical (unpaired) electrons. The first-order valence-corrected chi connectivity index (χ1v) is 9.95. The van der Waals surface area contributed by atoms with Gasteiger partial charge in [0.05, 0.1) is 11.4 Å². The molecule has 7 heteroatoms. The minimum absolute atomic E-state index is 0.189. The van der Waals surface area contributed by atoms with Crippen LogP contribution < -0.4 is 9.62 Å². The number of rotatable bonds is 3. The van der Waals surface area contributed by atoms with Crippen LogP contribution in [0.15, 0.2) is 46.9 Å². The first-order chi connectivity index (χ1) is 11.4. The van der Waals surface area contributed by atoms with E-state index < -0.39 is 10.0 Å². The molecular formula is C17H17BrN2O3S. The highest BCUT2D eigenvalue weighted by atomic mass is 79.9. The topological polar surface area (TPSA) is 66.5 Å². The minimum Gasteiger partial charge on any atom is -0.322 e. The smallest absolute Gasteiger partial charge is 0.255 e. The number of nitrogens with zero attached hydrogens (tertiary/aromatic N) is 1. The van der Waals surface area contributed by atoms with E-state index in [9.17, 15) is 13.2 Å².